The molecule has 3 aromatic carbocycles. The molecule has 0 aliphatic rings. The van der Waals surface area contributed by atoms with E-state index in [1.54, 1.807) is 36.3 Å². The lowest BCUT2D eigenvalue weighted by molar-refractivity contribution is 0.528. The number of aromatic nitrogens is 3. The molecule has 0 saturated heterocycles. The van der Waals surface area contributed by atoms with Gasteiger partial charge >= 0.3 is 0 Å². The van der Waals surface area contributed by atoms with Gasteiger partial charge in [-0.05, 0) is 79.4 Å². The third-order valence-corrected chi connectivity index (χ3v) is 9.19. The smallest absolute Gasteiger partial charge is 0.251 e. The van der Waals surface area contributed by atoms with Crippen LogP contribution in [0.2, 0.25) is 10.0 Å². The molecule has 2 heterocycles. The Hall–Kier alpha value is -3.23. The van der Waals surface area contributed by atoms with Crippen molar-refractivity contribution in [3.05, 3.63) is 123 Å². The van der Waals surface area contributed by atoms with Crippen LogP contribution < -0.4 is 10.3 Å². The molecule has 5 aromatic rings. The fraction of sp³-hybridized carbons (Fsp3) is 0.226. The van der Waals surface area contributed by atoms with Crippen LogP contribution in [0.15, 0.2) is 90.1 Å². The van der Waals surface area contributed by atoms with Gasteiger partial charge in [-0.3, -0.25) is 4.79 Å². The van der Waals surface area contributed by atoms with E-state index < -0.39 is 21.3 Å². The number of hydrogen-bond acceptors (Lipinski definition) is 3. The van der Waals surface area contributed by atoms with Gasteiger partial charge in [-0.15, -0.1) is 0 Å². The van der Waals surface area contributed by atoms with Gasteiger partial charge < -0.3 is 9.13 Å². The van der Waals surface area contributed by atoms with E-state index in [4.69, 9.17) is 23.2 Å². The zero-order valence-electron chi connectivity index (χ0n) is 22.9. The van der Waals surface area contributed by atoms with Crippen LogP contribution in [0, 0.1) is 0 Å². The van der Waals surface area contributed by atoms with Crippen LogP contribution in [0.5, 0.6) is 0 Å². The number of nitrogens with zero attached hydrogens (tertiary/aromatic N) is 3. The van der Waals surface area contributed by atoms with Crippen LogP contribution in [0.3, 0.4) is 0 Å². The molecule has 40 heavy (non-hydrogen) atoms. The van der Waals surface area contributed by atoms with E-state index >= 15 is 0 Å². The SMILES string of the molecule is Cn1cncc1[C@@](NS(=O)C(C)(C)C)(c1ccc(Cl)cc1)c1ccc2c(c1)c(-c1cccc(Cl)c1)cc(=O)n2C. The maximum Gasteiger partial charge on any atom is 0.251 e. The summed E-state index contributed by atoms with van der Waals surface area (Å²) in [7, 11) is 2.18. The summed E-state index contributed by atoms with van der Waals surface area (Å²) < 4.78 is 20.4. The van der Waals surface area contributed by atoms with Gasteiger partial charge in [0.05, 0.1) is 39.5 Å². The summed E-state index contributed by atoms with van der Waals surface area (Å²) in [5.41, 5.74) is 3.60. The number of fused-ring (bicyclic) bond motifs is 1. The lowest BCUT2D eigenvalue weighted by atomic mass is 9.80. The second-order valence-corrected chi connectivity index (χ2v) is 13.7. The van der Waals surface area contributed by atoms with Crippen molar-refractivity contribution < 1.29 is 4.21 Å². The van der Waals surface area contributed by atoms with Crippen molar-refractivity contribution in [1.82, 2.24) is 18.8 Å². The second kappa shape index (κ2) is 10.6. The number of rotatable bonds is 6. The molecule has 1 N–H and O–H groups in total. The van der Waals surface area contributed by atoms with Crippen LogP contribution in [-0.2, 0) is 30.6 Å². The Morgan fingerprint density at radius 2 is 1.57 bits per heavy atom. The Morgan fingerprint density at radius 1 is 0.875 bits per heavy atom. The highest BCUT2D eigenvalue weighted by Crippen LogP contribution is 2.41. The molecular formula is C31H30Cl2N4O2S. The van der Waals surface area contributed by atoms with Gasteiger partial charge in [0.2, 0.25) is 0 Å². The summed E-state index contributed by atoms with van der Waals surface area (Å²) in [6.45, 7) is 5.79. The summed E-state index contributed by atoms with van der Waals surface area (Å²) in [6, 6.07) is 22.6. The highest BCUT2D eigenvalue weighted by molar-refractivity contribution is 7.84. The first-order valence-electron chi connectivity index (χ1n) is 12.7. The Kier molecular flexibility index (Phi) is 7.52. The average Bonchev–Trinajstić information content (AvgIpc) is 3.35. The molecule has 9 heteroatoms. The maximum atomic E-state index is 13.9. The van der Waals surface area contributed by atoms with Crippen molar-refractivity contribution in [1.29, 1.82) is 0 Å². The Bertz CT molecular complexity index is 1810. The third-order valence-electron chi connectivity index (χ3n) is 7.10. The predicted octanol–water partition coefficient (Wildman–Crippen LogP) is 6.59. The molecular weight excluding hydrogens is 563 g/mol. The zero-order valence-corrected chi connectivity index (χ0v) is 25.2. The van der Waals surface area contributed by atoms with Crippen molar-refractivity contribution in [2.45, 2.75) is 31.1 Å². The summed E-state index contributed by atoms with van der Waals surface area (Å²) in [4.78, 5) is 17.4. The highest BCUT2D eigenvalue weighted by Gasteiger charge is 2.42. The molecule has 1 unspecified atom stereocenters. The van der Waals surface area contributed by atoms with Crippen LogP contribution >= 0.6 is 23.2 Å². The van der Waals surface area contributed by atoms with Crippen LogP contribution in [0.1, 0.15) is 37.6 Å². The predicted molar refractivity (Wildman–Crippen MR) is 165 cm³/mol. The van der Waals surface area contributed by atoms with E-state index in [-0.39, 0.29) is 5.56 Å². The number of aryl methyl sites for hydroxylation is 2. The summed E-state index contributed by atoms with van der Waals surface area (Å²) >= 11 is 12.7. The molecule has 0 bridgehead atoms. The quantitative estimate of drug-likeness (QED) is 0.242. The van der Waals surface area contributed by atoms with Gasteiger partial charge in [0.25, 0.3) is 5.56 Å². The van der Waals surface area contributed by atoms with Crippen LogP contribution in [-0.4, -0.2) is 23.1 Å². The van der Waals surface area contributed by atoms with Crippen LogP contribution in [0.4, 0.5) is 0 Å². The Labute approximate surface area is 246 Å². The average molecular weight is 594 g/mol. The number of imidazole rings is 1. The van der Waals surface area contributed by atoms with Crippen molar-refractivity contribution in [3.8, 4) is 11.1 Å². The first-order chi connectivity index (χ1) is 18.9. The second-order valence-electron chi connectivity index (χ2n) is 10.8. The van der Waals surface area contributed by atoms with Gasteiger partial charge in [-0.25, -0.2) is 13.9 Å². The minimum absolute atomic E-state index is 0.127. The zero-order chi connectivity index (χ0) is 28.8. The minimum Gasteiger partial charge on any atom is -0.335 e. The van der Waals surface area contributed by atoms with Crippen molar-refractivity contribution in [3.63, 3.8) is 0 Å². The molecule has 0 radical (unpaired) electrons. The molecule has 0 fully saturated rings. The van der Waals surface area contributed by atoms with Crippen LogP contribution in [0.25, 0.3) is 22.0 Å². The first-order valence-corrected chi connectivity index (χ1v) is 14.6. The van der Waals surface area contributed by atoms with E-state index in [2.05, 4.69) is 15.8 Å². The number of hydrogen-bond donors (Lipinski definition) is 1. The summed E-state index contributed by atoms with van der Waals surface area (Å²) in [6.07, 6.45) is 3.51. The van der Waals surface area contributed by atoms with Crippen molar-refractivity contribution in [2.75, 3.05) is 0 Å². The van der Waals surface area contributed by atoms with Gasteiger partial charge in [0, 0.05) is 35.6 Å². The first kappa shape index (κ1) is 28.3. The van der Waals surface area contributed by atoms with Gasteiger partial charge in [-0.1, -0.05) is 53.5 Å². The van der Waals surface area contributed by atoms with E-state index in [0.29, 0.717) is 10.0 Å². The Morgan fingerprint density at radius 3 is 2.20 bits per heavy atom. The maximum absolute atomic E-state index is 13.9. The molecule has 0 saturated carbocycles. The molecule has 206 valence electrons. The molecule has 5 rings (SSSR count). The fourth-order valence-electron chi connectivity index (χ4n) is 4.93. The van der Waals surface area contributed by atoms with Crippen molar-refractivity contribution >= 4 is 45.1 Å². The largest absolute Gasteiger partial charge is 0.335 e. The molecule has 2 atom stereocenters. The monoisotopic (exact) mass is 592 g/mol. The molecule has 0 amide bonds. The summed E-state index contributed by atoms with van der Waals surface area (Å²) in [5, 5.41) is 2.03. The number of pyridine rings is 1. The molecule has 0 spiro atoms. The number of benzene rings is 3. The van der Waals surface area contributed by atoms with E-state index in [0.717, 1.165) is 38.9 Å². The standard InChI is InChI=1S/C31H30Cl2N4O2S/c1-30(2,3)40(39)35-31(28-18-34-19-36(28)4,21-9-12-23(32)13-10-21)22-11-14-27-26(16-22)25(17-29(38)37(27)5)20-7-6-8-24(33)15-20/h6-19,35H,1-5H3/t31-,40?/m1/s1. The lowest BCUT2D eigenvalue weighted by Gasteiger charge is -2.38. The third kappa shape index (κ3) is 5.03. The van der Waals surface area contributed by atoms with Gasteiger partial charge in [0.1, 0.15) is 5.54 Å². The van der Waals surface area contributed by atoms with Gasteiger partial charge in [-0.2, -0.15) is 0 Å². The highest BCUT2D eigenvalue weighted by atomic mass is 35.5. The summed E-state index contributed by atoms with van der Waals surface area (Å²) in [5.74, 6) is 0. The molecule has 0 aliphatic heterocycles. The molecule has 6 nitrogen and oxygen atoms in total. The number of halogens is 2. The van der Waals surface area contributed by atoms with E-state index in [1.165, 1.54) is 0 Å². The van der Waals surface area contributed by atoms with Crippen molar-refractivity contribution in [2.24, 2.45) is 14.1 Å². The normalized spacial score (nSPS) is 14.3. The fourth-order valence-corrected chi connectivity index (χ4v) is 6.17. The molecule has 2 aromatic heterocycles. The topological polar surface area (TPSA) is 68.9 Å². The van der Waals surface area contributed by atoms with E-state index in [9.17, 15) is 9.00 Å². The van der Waals surface area contributed by atoms with Gasteiger partial charge in [0.15, 0.2) is 0 Å². The van der Waals surface area contributed by atoms with E-state index in [1.807, 2.05) is 87.0 Å². The minimum atomic E-state index is -1.49. The lowest BCUT2D eigenvalue weighted by Crippen LogP contribution is -2.50. The molecule has 0 aliphatic carbocycles. The number of nitrogens with one attached hydrogen (secondary N) is 1. The Balaban J connectivity index is 1.90.